The molecule has 2 heterocycles. The van der Waals surface area contributed by atoms with Gasteiger partial charge in [0.25, 0.3) is 5.95 Å². The molecule has 2 N–H and O–H groups in total. The van der Waals surface area contributed by atoms with Crippen LogP contribution in [0, 0.1) is 0 Å². The van der Waals surface area contributed by atoms with E-state index in [0.29, 0.717) is 0 Å². The Morgan fingerprint density at radius 3 is 2.81 bits per heavy atom. The molecule has 2 amide bonds. The minimum atomic E-state index is -3.35. The number of aliphatic carboxylic acids is 1. The van der Waals surface area contributed by atoms with Crippen molar-refractivity contribution in [2.75, 3.05) is 23.4 Å². The lowest BCUT2D eigenvalue weighted by atomic mass is 10.2. The number of amides is 2. The van der Waals surface area contributed by atoms with Crippen LogP contribution in [0.15, 0.2) is 12.4 Å². The van der Waals surface area contributed by atoms with E-state index in [-0.39, 0.29) is 24.0 Å². The summed E-state index contributed by atoms with van der Waals surface area (Å²) in [4.78, 5) is 27.8. The van der Waals surface area contributed by atoms with Crippen molar-refractivity contribution in [2.45, 2.75) is 12.5 Å². The van der Waals surface area contributed by atoms with Crippen LogP contribution >= 0.6 is 0 Å². The molecule has 11 heteroatoms. The molecule has 114 valence electrons. The third-order valence-corrected chi connectivity index (χ3v) is 4.60. The maximum absolute atomic E-state index is 12.1. The van der Waals surface area contributed by atoms with Gasteiger partial charge in [-0.2, -0.15) is 5.10 Å². The molecule has 1 saturated heterocycles. The van der Waals surface area contributed by atoms with Crippen molar-refractivity contribution in [3.63, 3.8) is 0 Å². The minimum Gasteiger partial charge on any atom is -0.481 e. The molecule has 0 radical (unpaired) electrons. The standard InChI is InChI=1S/C10H13N5O5S/c16-8(17)5-7-6-21(19,20)4-3-15(7)10(18)13-9-11-1-2-12-14-9/h1-2,7H,3-6H2,(H,16,17)(H,11,13,14,18). The third kappa shape index (κ3) is 4.08. The Labute approximate surface area is 120 Å². The first kappa shape index (κ1) is 15.1. The van der Waals surface area contributed by atoms with Crippen molar-refractivity contribution in [3.8, 4) is 0 Å². The van der Waals surface area contributed by atoms with Gasteiger partial charge in [-0.05, 0) is 0 Å². The van der Waals surface area contributed by atoms with Gasteiger partial charge in [-0.15, -0.1) is 5.10 Å². The minimum absolute atomic E-state index is 0.0370. The lowest BCUT2D eigenvalue weighted by molar-refractivity contribution is -0.137. The molecule has 0 bridgehead atoms. The number of carboxylic acids is 1. The second kappa shape index (κ2) is 5.99. The monoisotopic (exact) mass is 315 g/mol. The second-order valence-corrected chi connectivity index (χ2v) is 6.68. The third-order valence-electron chi connectivity index (χ3n) is 2.90. The highest BCUT2D eigenvalue weighted by molar-refractivity contribution is 7.91. The summed E-state index contributed by atoms with van der Waals surface area (Å²) in [5.41, 5.74) is 0. The number of nitrogens with one attached hydrogen (secondary N) is 1. The molecule has 1 aliphatic rings. The number of carboxylic acid groups (broad SMARTS) is 1. The molecule has 1 aromatic heterocycles. The number of carbonyl (C=O) groups is 2. The molecule has 1 fully saturated rings. The van der Waals surface area contributed by atoms with Gasteiger partial charge in [0, 0.05) is 6.54 Å². The van der Waals surface area contributed by atoms with Gasteiger partial charge in [0.15, 0.2) is 9.84 Å². The van der Waals surface area contributed by atoms with E-state index >= 15 is 0 Å². The summed E-state index contributed by atoms with van der Waals surface area (Å²) in [6.07, 6.45) is 2.22. The first-order chi connectivity index (χ1) is 9.87. The van der Waals surface area contributed by atoms with Crippen molar-refractivity contribution < 1.29 is 23.1 Å². The maximum atomic E-state index is 12.1. The molecule has 10 nitrogen and oxygen atoms in total. The average molecular weight is 315 g/mol. The summed E-state index contributed by atoms with van der Waals surface area (Å²) in [5.74, 6) is -1.79. The summed E-state index contributed by atoms with van der Waals surface area (Å²) in [6.45, 7) is -0.0770. The van der Waals surface area contributed by atoms with Gasteiger partial charge in [0.2, 0.25) is 0 Å². The van der Waals surface area contributed by atoms with Gasteiger partial charge < -0.3 is 10.0 Å². The van der Waals surface area contributed by atoms with E-state index in [1.165, 1.54) is 17.3 Å². The number of hydrogen-bond acceptors (Lipinski definition) is 7. The van der Waals surface area contributed by atoms with Crippen LogP contribution < -0.4 is 5.32 Å². The summed E-state index contributed by atoms with van der Waals surface area (Å²) < 4.78 is 23.2. The molecular weight excluding hydrogens is 302 g/mol. The Hall–Kier alpha value is -2.30. The quantitative estimate of drug-likeness (QED) is 0.721. The average Bonchev–Trinajstić information content (AvgIpc) is 2.38. The normalized spacial score (nSPS) is 20.8. The topological polar surface area (TPSA) is 142 Å². The smallest absolute Gasteiger partial charge is 0.324 e. The van der Waals surface area contributed by atoms with Crippen LogP contribution in [0.5, 0.6) is 0 Å². The fourth-order valence-electron chi connectivity index (χ4n) is 2.00. The van der Waals surface area contributed by atoms with Gasteiger partial charge in [-0.3, -0.25) is 10.1 Å². The van der Waals surface area contributed by atoms with Crippen LogP contribution in [0.2, 0.25) is 0 Å². The molecule has 0 spiro atoms. The highest BCUT2D eigenvalue weighted by atomic mass is 32.2. The summed E-state index contributed by atoms with van der Waals surface area (Å²) in [7, 11) is -3.35. The predicted molar refractivity (Wildman–Crippen MR) is 70.2 cm³/mol. The number of urea groups is 1. The molecule has 2 rings (SSSR count). The van der Waals surface area contributed by atoms with Crippen molar-refractivity contribution in [1.29, 1.82) is 0 Å². The SMILES string of the molecule is O=C(O)CC1CS(=O)(=O)CCN1C(=O)Nc1nccnn1. The molecular formula is C10H13N5O5S. The lowest BCUT2D eigenvalue weighted by Crippen LogP contribution is -2.53. The van der Waals surface area contributed by atoms with Crippen LogP contribution in [0.1, 0.15) is 6.42 Å². The van der Waals surface area contributed by atoms with Gasteiger partial charge in [0.05, 0.1) is 36.4 Å². The van der Waals surface area contributed by atoms with E-state index < -0.39 is 34.3 Å². The second-order valence-electron chi connectivity index (χ2n) is 4.46. The van der Waals surface area contributed by atoms with Gasteiger partial charge in [-0.1, -0.05) is 0 Å². The highest BCUT2D eigenvalue weighted by Crippen LogP contribution is 2.16. The van der Waals surface area contributed by atoms with E-state index in [2.05, 4.69) is 20.5 Å². The van der Waals surface area contributed by atoms with Crippen molar-refractivity contribution in [1.82, 2.24) is 20.1 Å². The number of hydrogen-bond donors (Lipinski definition) is 2. The Morgan fingerprint density at radius 2 is 2.19 bits per heavy atom. The highest BCUT2D eigenvalue weighted by Gasteiger charge is 2.35. The number of nitrogens with zero attached hydrogens (tertiary/aromatic N) is 4. The molecule has 1 unspecified atom stereocenters. The number of carbonyl (C=O) groups excluding carboxylic acids is 1. The Kier molecular flexibility index (Phi) is 4.31. The van der Waals surface area contributed by atoms with Crippen LogP contribution in [-0.2, 0) is 14.6 Å². The molecule has 1 atom stereocenters. The van der Waals surface area contributed by atoms with E-state index in [0.717, 1.165) is 0 Å². The molecule has 1 aliphatic heterocycles. The van der Waals surface area contributed by atoms with Crippen LogP contribution in [0.25, 0.3) is 0 Å². The predicted octanol–water partition coefficient (Wildman–Crippen LogP) is -1.02. The number of sulfone groups is 1. The van der Waals surface area contributed by atoms with Crippen LogP contribution in [0.4, 0.5) is 10.7 Å². The maximum Gasteiger partial charge on any atom is 0.324 e. The van der Waals surface area contributed by atoms with E-state index in [1.54, 1.807) is 0 Å². The van der Waals surface area contributed by atoms with Crippen molar-refractivity contribution in [2.24, 2.45) is 0 Å². The largest absolute Gasteiger partial charge is 0.481 e. The zero-order valence-corrected chi connectivity index (χ0v) is 11.7. The first-order valence-electron chi connectivity index (χ1n) is 6.01. The van der Waals surface area contributed by atoms with E-state index in [4.69, 9.17) is 5.11 Å². The van der Waals surface area contributed by atoms with Crippen molar-refractivity contribution >= 4 is 27.8 Å². The molecule has 1 aromatic rings. The number of rotatable bonds is 3. The van der Waals surface area contributed by atoms with Crippen LogP contribution in [0.3, 0.4) is 0 Å². The van der Waals surface area contributed by atoms with E-state index in [1.807, 2.05) is 0 Å². The Morgan fingerprint density at radius 1 is 1.43 bits per heavy atom. The van der Waals surface area contributed by atoms with Crippen LogP contribution in [-0.4, -0.2) is 69.7 Å². The fourth-order valence-corrected chi connectivity index (χ4v) is 3.52. The Bertz CT molecular complexity index is 634. The molecule has 0 saturated carbocycles. The number of aromatic nitrogens is 3. The number of anilines is 1. The van der Waals surface area contributed by atoms with Gasteiger partial charge >= 0.3 is 12.0 Å². The Balaban J connectivity index is 2.11. The summed E-state index contributed by atoms with van der Waals surface area (Å²) in [5, 5.41) is 18.3. The zero-order valence-electron chi connectivity index (χ0n) is 10.8. The fraction of sp³-hybridized carbons (Fsp3) is 0.500. The van der Waals surface area contributed by atoms with Gasteiger partial charge in [-0.25, -0.2) is 18.2 Å². The van der Waals surface area contributed by atoms with E-state index in [9.17, 15) is 18.0 Å². The van der Waals surface area contributed by atoms with Crippen molar-refractivity contribution in [3.05, 3.63) is 12.4 Å². The molecule has 0 aromatic carbocycles. The molecule has 0 aliphatic carbocycles. The summed E-state index contributed by atoms with van der Waals surface area (Å²) >= 11 is 0. The zero-order chi connectivity index (χ0) is 15.5. The lowest BCUT2D eigenvalue weighted by Gasteiger charge is -2.34. The molecule has 21 heavy (non-hydrogen) atoms. The van der Waals surface area contributed by atoms with Gasteiger partial charge in [0.1, 0.15) is 0 Å². The summed E-state index contributed by atoms with van der Waals surface area (Å²) in [6, 6.07) is -1.57. The first-order valence-corrected chi connectivity index (χ1v) is 7.83.